The number of amides is 1. The number of fused-ring (bicyclic) bond motifs is 2. The molecule has 30 heavy (non-hydrogen) atoms. The lowest BCUT2D eigenvalue weighted by molar-refractivity contribution is -0.129. The SMILES string of the molecule is COc1ccc(-c2ccc3c(c2)CCCN3c2n[nH]c3c2CN(C(C)=O)CC3)cn1. The minimum atomic E-state index is 0.115. The van der Waals surface area contributed by atoms with Gasteiger partial charge in [-0.25, -0.2) is 4.98 Å². The van der Waals surface area contributed by atoms with Crippen molar-refractivity contribution in [3.05, 3.63) is 53.3 Å². The molecular weight excluding hydrogens is 378 g/mol. The number of aromatic nitrogens is 3. The van der Waals surface area contributed by atoms with Gasteiger partial charge in [0.25, 0.3) is 0 Å². The van der Waals surface area contributed by atoms with Crippen molar-refractivity contribution < 1.29 is 9.53 Å². The van der Waals surface area contributed by atoms with Crippen molar-refractivity contribution in [2.45, 2.75) is 32.7 Å². The Kier molecular flexibility index (Phi) is 4.65. The summed E-state index contributed by atoms with van der Waals surface area (Å²) in [5.41, 5.74) is 7.03. The number of anilines is 2. The van der Waals surface area contributed by atoms with Gasteiger partial charge >= 0.3 is 0 Å². The summed E-state index contributed by atoms with van der Waals surface area (Å²) in [5.74, 6) is 1.69. The van der Waals surface area contributed by atoms with Crippen LogP contribution in [0.1, 0.15) is 30.2 Å². The molecule has 0 aliphatic carbocycles. The number of hydrogen-bond acceptors (Lipinski definition) is 5. The van der Waals surface area contributed by atoms with Gasteiger partial charge < -0.3 is 14.5 Å². The van der Waals surface area contributed by atoms with Gasteiger partial charge in [-0.15, -0.1) is 0 Å². The van der Waals surface area contributed by atoms with Crippen LogP contribution >= 0.6 is 0 Å². The molecule has 1 amide bonds. The summed E-state index contributed by atoms with van der Waals surface area (Å²) < 4.78 is 5.17. The fraction of sp³-hybridized carbons (Fsp3) is 0.348. The lowest BCUT2D eigenvalue weighted by Gasteiger charge is -2.32. The van der Waals surface area contributed by atoms with Crippen molar-refractivity contribution in [3.8, 4) is 17.0 Å². The zero-order chi connectivity index (χ0) is 20.7. The molecule has 4 heterocycles. The van der Waals surface area contributed by atoms with E-state index in [1.54, 1.807) is 14.0 Å². The van der Waals surface area contributed by atoms with E-state index >= 15 is 0 Å². The zero-order valence-corrected chi connectivity index (χ0v) is 17.3. The maximum atomic E-state index is 11.9. The molecule has 0 bridgehead atoms. The molecule has 0 saturated carbocycles. The summed E-state index contributed by atoms with van der Waals surface area (Å²) in [6, 6.07) is 10.5. The molecule has 2 aromatic heterocycles. The van der Waals surface area contributed by atoms with E-state index in [4.69, 9.17) is 4.74 Å². The number of aromatic amines is 1. The van der Waals surface area contributed by atoms with Gasteiger partial charge in [-0.1, -0.05) is 6.07 Å². The number of rotatable bonds is 3. The number of carbonyl (C=O) groups excluding carboxylic acids is 1. The van der Waals surface area contributed by atoms with Crippen LogP contribution in [0.5, 0.6) is 5.88 Å². The second kappa shape index (κ2) is 7.48. The van der Waals surface area contributed by atoms with Gasteiger partial charge in [0.15, 0.2) is 5.82 Å². The lowest BCUT2D eigenvalue weighted by atomic mass is 9.96. The first kappa shape index (κ1) is 18.7. The molecule has 1 aromatic carbocycles. The molecular formula is C23H25N5O2. The molecule has 154 valence electrons. The highest BCUT2D eigenvalue weighted by Crippen LogP contribution is 2.38. The summed E-state index contributed by atoms with van der Waals surface area (Å²) in [7, 11) is 1.62. The van der Waals surface area contributed by atoms with Crippen molar-refractivity contribution >= 4 is 17.4 Å². The minimum Gasteiger partial charge on any atom is -0.481 e. The standard InChI is InChI=1S/C23H25N5O2/c1-15(29)27-11-9-20-19(14-27)23(26-25-20)28-10-3-4-17-12-16(5-7-21(17)28)18-6-8-22(30-2)24-13-18/h5-8,12-13H,3-4,9-11,14H2,1-2H3,(H,25,26). The number of ether oxygens (including phenoxy) is 1. The molecule has 2 aliphatic heterocycles. The Balaban J connectivity index is 1.48. The van der Waals surface area contributed by atoms with Crippen molar-refractivity contribution in [2.24, 2.45) is 0 Å². The Morgan fingerprint density at radius 3 is 2.77 bits per heavy atom. The first-order valence-electron chi connectivity index (χ1n) is 10.4. The Morgan fingerprint density at radius 1 is 1.13 bits per heavy atom. The van der Waals surface area contributed by atoms with Crippen molar-refractivity contribution in [1.82, 2.24) is 20.1 Å². The molecule has 0 radical (unpaired) electrons. The number of nitrogens with one attached hydrogen (secondary N) is 1. The molecule has 0 fully saturated rings. The molecule has 0 saturated heterocycles. The van der Waals surface area contributed by atoms with Crippen LogP contribution in [0, 0.1) is 0 Å². The van der Waals surface area contributed by atoms with Crippen LogP contribution in [-0.2, 0) is 24.2 Å². The Labute approximate surface area is 175 Å². The molecule has 7 nitrogen and oxygen atoms in total. The van der Waals surface area contributed by atoms with E-state index < -0.39 is 0 Å². The molecule has 0 spiro atoms. The highest BCUT2D eigenvalue weighted by molar-refractivity contribution is 5.76. The van der Waals surface area contributed by atoms with Gasteiger partial charge in [-0.3, -0.25) is 9.89 Å². The summed E-state index contributed by atoms with van der Waals surface area (Å²) >= 11 is 0. The average Bonchev–Trinajstić information content (AvgIpc) is 3.21. The second-order valence-electron chi connectivity index (χ2n) is 7.88. The van der Waals surface area contributed by atoms with Crippen LogP contribution < -0.4 is 9.64 Å². The van der Waals surface area contributed by atoms with E-state index in [0.717, 1.165) is 60.6 Å². The molecule has 0 atom stereocenters. The van der Waals surface area contributed by atoms with Gasteiger partial charge in [-0.05, 0) is 42.2 Å². The van der Waals surface area contributed by atoms with Crippen LogP contribution in [0.3, 0.4) is 0 Å². The largest absolute Gasteiger partial charge is 0.481 e. The van der Waals surface area contributed by atoms with Crippen molar-refractivity contribution in [2.75, 3.05) is 25.1 Å². The molecule has 0 unspecified atom stereocenters. The number of aryl methyl sites for hydroxylation is 1. The normalized spacial score (nSPS) is 15.5. The molecule has 2 aliphatic rings. The summed E-state index contributed by atoms with van der Waals surface area (Å²) in [5, 5.41) is 7.86. The summed E-state index contributed by atoms with van der Waals surface area (Å²) in [6.07, 6.45) is 4.78. The van der Waals surface area contributed by atoms with E-state index in [0.29, 0.717) is 12.4 Å². The first-order chi connectivity index (χ1) is 14.6. The van der Waals surface area contributed by atoms with Crippen LogP contribution in [0.15, 0.2) is 36.5 Å². The summed E-state index contributed by atoms with van der Waals surface area (Å²) in [6.45, 7) is 3.93. The zero-order valence-electron chi connectivity index (χ0n) is 17.3. The third-order valence-electron chi connectivity index (χ3n) is 6.09. The van der Waals surface area contributed by atoms with Crippen LogP contribution in [0.2, 0.25) is 0 Å². The average molecular weight is 403 g/mol. The monoisotopic (exact) mass is 403 g/mol. The predicted octanol–water partition coefficient (Wildman–Crippen LogP) is 3.47. The highest BCUT2D eigenvalue weighted by atomic mass is 16.5. The highest BCUT2D eigenvalue weighted by Gasteiger charge is 2.28. The van der Waals surface area contributed by atoms with Gasteiger partial charge in [0, 0.05) is 61.2 Å². The number of methoxy groups -OCH3 is 1. The quantitative estimate of drug-likeness (QED) is 0.725. The lowest BCUT2D eigenvalue weighted by Crippen LogP contribution is -2.35. The Morgan fingerprint density at radius 2 is 2.00 bits per heavy atom. The van der Waals surface area contributed by atoms with Gasteiger partial charge in [0.2, 0.25) is 11.8 Å². The van der Waals surface area contributed by atoms with E-state index in [1.807, 2.05) is 23.2 Å². The molecule has 1 N–H and O–H groups in total. The van der Waals surface area contributed by atoms with Gasteiger partial charge in [0.05, 0.1) is 13.7 Å². The Bertz CT molecular complexity index is 1090. The smallest absolute Gasteiger partial charge is 0.219 e. The van der Waals surface area contributed by atoms with Gasteiger partial charge in [0.1, 0.15) is 0 Å². The molecule has 5 rings (SSSR count). The number of nitrogens with zero attached hydrogens (tertiary/aromatic N) is 4. The fourth-order valence-corrected chi connectivity index (χ4v) is 4.44. The van der Waals surface area contributed by atoms with Crippen molar-refractivity contribution in [3.63, 3.8) is 0 Å². The molecule has 3 aromatic rings. The van der Waals surface area contributed by atoms with Crippen LogP contribution in [-0.4, -0.2) is 46.2 Å². The van der Waals surface area contributed by atoms with E-state index in [1.165, 1.54) is 11.3 Å². The number of H-pyrrole nitrogens is 1. The first-order valence-corrected chi connectivity index (χ1v) is 10.4. The van der Waals surface area contributed by atoms with E-state index in [2.05, 4.69) is 38.3 Å². The number of hydrogen-bond donors (Lipinski definition) is 1. The van der Waals surface area contributed by atoms with Crippen LogP contribution in [0.4, 0.5) is 11.5 Å². The predicted molar refractivity (Wildman–Crippen MR) is 115 cm³/mol. The maximum absolute atomic E-state index is 11.9. The third-order valence-corrected chi connectivity index (χ3v) is 6.09. The number of pyridine rings is 1. The number of carbonyl (C=O) groups is 1. The Hall–Kier alpha value is -3.35. The van der Waals surface area contributed by atoms with E-state index in [-0.39, 0.29) is 5.91 Å². The second-order valence-corrected chi connectivity index (χ2v) is 7.88. The number of benzene rings is 1. The van der Waals surface area contributed by atoms with Crippen molar-refractivity contribution in [1.29, 1.82) is 0 Å². The third kappa shape index (κ3) is 3.20. The van der Waals surface area contributed by atoms with Crippen LogP contribution in [0.25, 0.3) is 11.1 Å². The minimum absolute atomic E-state index is 0.115. The fourth-order valence-electron chi connectivity index (χ4n) is 4.44. The summed E-state index contributed by atoms with van der Waals surface area (Å²) in [4.78, 5) is 20.4. The van der Waals surface area contributed by atoms with E-state index in [9.17, 15) is 4.79 Å². The molecule has 7 heteroatoms. The van der Waals surface area contributed by atoms with Gasteiger partial charge in [-0.2, -0.15) is 5.10 Å². The maximum Gasteiger partial charge on any atom is 0.219 e. The topological polar surface area (TPSA) is 74.3 Å².